The lowest BCUT2D eigenvalue weighted by Gasteiger charge is -2.07. The topological polar surface area (TPSA) is 134 Å². The van der Waals surface area contributed by atoms with Gasteiger partial charge in [0.05, 0.1) is 24.6 Å². The van der Waals surface area contributed by atoms with Gasteiger partial charge in [0.15, 0.2) is 5.69 Å². The van der Waals surface area contributed by atoms with Crippen molar-refractivity contribution < 1.29 is 14.7 Å². The van der Waals surface area contributed by atoms with Gasteiger partial charge >= 0.3 is 5.97 Å². The van der Waals surface area contributed by atoms with Crippen LogP contribution in [0.1, 0.15) is 16.2 Å². The maximum atomic E-state index is 12.0. The molecule has 11 heteroatoms. The number of carbonyl (C=O) groups is 2. The molecule has 0 aliphatic carbocycles. The number of amides is 1. The molecule has 3 N–H and O–H groups in total. The second kappa shape index (κ2) is 7.89. The first-order valence-corrected chi connectivity index (χ1v) is 7.14. The average Bonchev–Trinajstić information content (AvgIpc) is 2.97. The highest BCUT2D eigenvalue weighted by atomic mass is 32.2. The molecule has 2 aromatic heterocycles. The first-order valence-electron chi connectivity index (χ1n) is 6.36. The first-order chi connectivity index (χ1) is 11.1. The lowest BCUT2D eigenvalue weighted by molar-refractivity contribution is -0.119. The van der Waals surface area contributed by atoms with Crippen molar-refractivity contribution in [3.63, 3.8) is 0 Å². The smallest absolute Gasteiger partial charge is 0.358 e. The fourth-order valence-corrected chi connectivity index (χ4v) is 2.18. The third kappa shape index (κ3) is 5.07. The molecule has 0 spiro atoms. The summed E-state index contributed by atoms with van der Waals surface area (Å²) in [6, 6.07) is 5.28. The zero-order valence-electron chi connectivity index (χ0n) is 12.0. The first kappa shape index (κ1) is 16.4. The van der Waals surface area contributed by atoms with E-state index in [9.17, 15) is 9.59 Å². The van der Waals surface area contributed by atoms with Crippen LogP contribution in [-0.4, -0.2) is 48.6 Å². The van der Waals surface area contributed by atoms with Gasteiger partial charge in [-0.3, -0.25) is 9.78 Å². The van der Waals surface area contributed by atoms with Gasteiger partial charge in [-0.05, 0) is 12.1 Å². The van der Waals surface area contributed by atoms with Crippen LogP contribution in [0.3, 0.4) is 0 Å². The molecule has 0 atom stereocenters. The summed E-state index contributed by atoms with van der Waals surface area (Å²) in [5, 5.41) is 22.6. The van der Waals surface area contributed by atoms with E-state index in [0.29, 0.717) is 5.69 Å². The molecule has 2 aromatic rings. The number of hydrogen-bond acceptors (Lipinski definition) is 8. The zero-order chi connectivity index (χ0) is 16.7. The van der Waals surface area contributed by atoms with Gasteiger partial charge in [0, 0.05) is 18.9 Å². The summed E-state index contributed by atoms with van der Waals surface area (Å²) in [4.78, 5) is 26.8. The van der Waals surface area contributed by atoms with Crippen molar-refractivity contribution in [1.29, 1.82) is 0 Å². The second-order valence-electron chi connectivity index (χ2n) is 4.09. The quantitative estimate of drug-likeness (QED) is 0.386. The highest BCUT2D eigenvalue weighted by Crippen LogP contribution is 2.06. The molecule has 23 heavy (non-hydrogen) atoms. The van der Waals surface area contributed by atoms with Crippen molar-refractivity contribution >= 4 is 29.0 Å². The molecule has 0 aromatic carbocycles. The predicted octanol–water partition coefficient (Wildman–Crippen LogP) is -0.283. The standard InChI is InChI=1S/C12H13N7O3S/c1-13-17-12(23-19-7-9(11(21)22)16-18-19)15-10(20)6-8-4-2-3-5-14-8/h2-5,7,13H,6H2,1H3,(H,21,22)(H,15,17,20). The molecule has 0 aliphatic rings. The van der Waals surface area contributed by atoms with Crippen molar-refractivity contribution in [2.45, 2.75) is 6.42 Å². The molecule has 1 amide bonds. The molecular weight excluding hydrogens is 322 g/mol. The fourth-order valence-electron chi connectivity index (χ4n) is 1.48. The molecular formula is C12H13N7O3S. The van der Waals surface area contributed by atoms with Crippen molar-refractivity contribution in [3.05, 3.63) is 42.0 Å². The third-order valence-corrected chi connectivity index (χ3v) is 3.13. The Morgan fingerprint density at radius 1 is 1.43 bits per heavy atom. The van der Waals surface area contributed by atoms with Crippen LogP contribution < -0.4 is 10.7 Å². The number of carboxylic acids is 1. The largest absolute Gasteiger partial charge is 0.476 e. The number of aromatic nitrogens is 4. The van der Waals surface area contributed by atoms with Gasteiger partial charge in [0.2, 0.25) is 11.1 Å². The average molecular weight is 335 g/mol. The van der Waals surface area contributed by atoms with Gasteiger partial charge in [0.25, 0.3) is 0 Å². The Hall–Kier alpha value is -2.95. The normalized spacial score (nSPS) is 11.1. The maximum absolute atomic E-state index is 12.0. The Bertz CT molecular complexity index is 716. The molecule has 10 nitrogen and oxygen atoms in total. The minimum atomic E-state index is -1.19. The van der Waals surface area contributed by atoms with Gasteiger partial charge in [-0.15, -0.1) is 5.10 Å². The van der Waals surface area contributed by atoms with Gasteiger partial charge in [0.1, 0.15) is 0 Å². The molecule has 2 heterocycles. The summed E-state index contributed by atoms with van der Waals surface area (Å²) in [5.41, 5.74) is 2.96. The Kier molecular flexibility index (Phi) is 5.63. The maximum Gasteiger partial charge on any atom is 0.358 e. The predicted molar refractivity (Wildman–Crippen MR) is 82.5 cm³/mol. The van der Waals surface area contributed by atoms with E-state index in [2.05, 4.69) is 31.1 Å². The molecule has 0 saturated carbocycles. The van der Waals surface area contributed by atoms with Crippen LogP contribution in [0.4, 0.5) is 0 Å². The van der Waals surface area contributed by atoms with Crippen LogP contribution in [0.25, 0.3) is 0 Å². The molecule has 0 radical (unpaired) electrons. The Morgan fingerprint density at radius 2 is 2.26 bits per heavy atom. The van der Waals surface area contributed by atoms with Crippen LogP contribution >= 0.6 is 11.9 Å². The van der Waals surface area contributed by atoms with Crippen LogP contribution in [-0.2, 0) is 11.2 Å². The van der Waals surface area contributed by atoms with Crippen LogP contribution in [0.2, 0.25) is 0 Å². The van der Waals surface area contributed by atoms with Gasteiger partial charge in [-0.25, -0.2) is 4.79 Å². The summed E-state index contributed by atoms with van der Waals surface area (Å²) in [7, 11) is 1.56. The number of nitrogens with zero attached hydrogens (tertiary/aromatic N) is 5. The van der Waals surface area contributed by atoms with E-state index in [1.54, 1.807) is 31.4 Å². The molecule has 0 saturated heterocycles. The summed E-state index contributed by atoms with van der Waals surface area (Å²) in [6.07, 6.45) is 2.90. The molecule has 0 bridgehead atoms. The van der Waals surface area contributed by atoms with Crippen LogP contribution in [0, 0.1) is 0 Å². The summed E-state index contributed by atoms with van der Waals surface area (Å²) >= 11 is 0.905. The van der Waals surface area contributed by atoms with E-state index < -0.39 is 5.97 Å². The van der Waals surface area contributed by atoms with E-state index in [-0.39, 0.29) is 23.2 Å². The van der Waals surface area contributed by atoms with E-state index in [1.807, 2.05) is 0 Å². The van der Waals surface area contributed by atoms with Crippen molar-refractivity contribution in [3.8, 4) is 0 Å². The monoisotopic (exact) mass is 335 g/mol. The number of pyridine rings is 1. The van der Waals surface area contributed by atoms with E-state index >= 15 is 0 Å². The van der Waals surface area contributed by atoms with Crippen molar-refractivity contribution in [2.75, 3.05) is 7.05 Å². The molecule has 0 fully saturated rings. The Labute approximate surface area is 135 Å². The fraction of sp³-hybridized carbons (Fsp3) is 0.167. The number of hydrogen-bond donors (Lipinski definition) is 3. The van der Waals surface area contributed by atoms with E-state index in [4.69, 9.17) is 5.11 Å². The molecule has 0 aliphatic heterocycles. The minimum absolute atomic E-state index is 0.0852. The summed E-state index contributed by atoms with van der Waals surface area (Å²) < 4.78 is 1.18. The van der Waals surface area contributed by atoms with Gasteiger partial charge < -0.3 is 15.8 Å². The molecule has 0 unspecified atom stereocenters. The molecule has 2 rings (SSSR count). The van der Waals surface area contributed by atoms with Crippen LogP contribution in [0.15, 0.2) is 35.7 Å². The van der Waals surface area contributed by atoms with E-state index in [1.165, 1.54) is 10.3 Å². The lowest BCUT2D eigenvalue weighted by atomic mass is 10.2. The van der Waals surface area contributed by atoms with Crippen molar-refractivity contribution in [1.82, 2.24) is 30.1 Å². The number of carbonyl (C=O) groups excluding carboxylic acids is 1. The SMILES string of the molecule is CN/N=C(/NC(=O)Cc1ccccn1)Sn1cc(C(=O)O)nn1. The van der Waals surface area contributed by atoms with Gasteiger partial charge in [-0.1, -0.05) is 11.3 Å². The summed E-state index contributed by atoms with van der Waals surface area (Å²) in [6.45, 7) is 0. The number of nitrogens with one attached hydrogen (secondary N) is 2. The molecule has 120 valence electrons. The van der Waals surface area contributed by atoms with E-state index in [0.717, 1.165) is 11.9 Å². The summed E-state index contributed by atoms with van der Waals surface area (Å²) in [5.74, 6) is -1.51. The highest BCUT2D eigenvalue weighted by Gasteiger charge is 2.13. The number of rotatable bonds is 5. The van der Waals surface area contributed by atoms with Crippen LogP contribution in [0.5, 0.6) is 0 Å². The third-order valence-electron chi connectivity index (χ3n) is 2.40. The lowest BCUT2D eigenvalue weighted by Crippen LogP contribution is -2.32. The Balaban J connectivity index is 1.99. The van der Waals surface area contributed by atoms with Gasteiger partial charge in [-0.2, -0.15) is 9.19 Å². The number of carboxylic acid groups (broad SMARTS) is 1. The zero-order valence-corrected chi connectivity index (χ0v) is 12.8. The number of aromatic carboxylic acids is 1. The highest BCUT2D eigenvalue weighted by molar-refractivity contribution is 8.12. The minimum Gasteiger partial charge on any atom is -0.476 e. The second-order valence-corrected chi connectivity index (χ2v) is 5.03. The number of hydrazone groups is 1. The Morgan fingerprint density at radius 3 is 2.87 bits per heavy atom. The number of amidine groups is 1. The van der Waals surface area contributed by atoms with Crippen molar-refractivity contribution in [2.24, 2.45) is 5.10 Å².